The summed E-state index contributed by atoms with van der Waals surface area (Å²) in [4.78, 5) is 18.8. The lowest BCUT2D eigenvalue weighted by molar-refractivity contribution is -0.121. The zero-order valence-corrected chi connectivity index (χ0v) is 18.3. The Morgan fingerprint density at radius 3 is 2.50 bits per heavy atom. The molecule has 1 aliphatic carbocycles. The lowest BCUT2D eigenvalue weighted by atomic mass is 10.0. The average molecular weight is 416 g/mol. The van der Waals surface area contributed by atoms with E-state index in [1.807, 2.05) is 0 Å². The maximum atomic E-state index is 12.0. The number of nitrogens with one attached hydrogen (secondary N) is 3. The second kappa shape index (κ2) is 12.5. The summed E-state index contributed by atoms with van der Waals surface area (Å²) < 4.78 is 5.45. The van der Waals surface area contributed by atoms with Crippen molar-refractivity contribution in [3.05, 3.63) is 35.4 Å². The van der Waals surface area contributed by atoms with Crippen molar-refractivity contribution < 1.29 is 9.53 Å². The van der Waals surface area contributed by atoms with E-state index >= 15 is 0 Å². The summed E-state index contributed by atoms with van der Waals surface area (Å²) in [6.07, 6.45) is 5.63. The molecule has 1 amide bonds. The Kier molecular flexibility index (Phi) is 9.44. The Bertz CT molecular complexity index is 682. The van der Waals surface area contributed by atoms with E-state index in [2.05, 4.69) is 50.1 Å². The molecule has 0 unspecified atom stereocenters. The number of rotatable bonds is 9. The minimum atomic E-state index is 0.170. The van der Waals surface area contributed by atoms with Crippen LogP contribution < -0.4 is 16.0 Å². The molecule has 0 bridgehead atoms. The first-order valence-electron chi connectivity index (χ1n) is 11.3. The summed E-state index contributed by atoms with van der Waals surface area (Å²) in [6.45, 7) is 6.52. The largest absolute Gasteiger partial charge is 0.379 e. The number of hydrogen-bond acceptors (Lipinski definition) is 4. The van der Waals surface area contributed by atoms with Gasteiger partial charge in [-0.25, -0.2) is 0 Å². The minimum Gasteiger partial charge on any atom is -0.379 e. The summed E-state index contributed by atoms with van der Waals surface area (Å²) >= 11 is 0. The smallest absolute Gasteiger partial charge is 0.220 e. The predicted molar refractivity (Wildman–Crippen MR) is 120 cm³/mol. The fraction of sp³-hybridized carbons (Fsp3) is 0.652. The summed E-state index contributed by atoms with van der Waals surface area (Å²) in [5, 5.41) is 9.70. The van der Waals surface area contributed by atoms with E-state index in [4.69, 9.17) is 4.74 Å². The van der Waals surface area contributed by atoms with Crippen molar-refractivity contribution in [3.63, 3.8) is 0 Å². The van der Waals surface area contributed by atoms with Crippen molar-refractivity contribution in [2.24, 2.45) is 10.9 Å². The van der Waals surface area contributed by atoms with Crippen molar-refractivity contribution in [2.75, 3.05) is 46.4 Å². The van der Waals surface area contributed by atoms with Gasteiger partial charge in [-0.1, -0.05) is 37.1 Å². The molecule has 1 aromatic carbocycles. The molecule has 30 heavy (non-hydrogen) atoms. The normalized spacial score (nSPS) is 18.4. The highest BCUT2D eigenvalue weighted by molar-refractivity contribution is 5.80. The van der Waals surface area contributed by atoms with Gasteiger partial charge in [0.05, 0.1) is 13.2 Å². The van der Waals surface area contributed by atoms with Crippen LogP contribution in [0.15, 0.2) is 29.3 Å². The summed E-state index contributed by atoms with van der Waals surface area (Å²) in [6, 6.07) is 8.54. The molecule has 1 aromatic rings. The van der Waals surface area contributed by atoms with Gasteiger partial charge >= 0.3 is 0 Å². The highest BCUT2D eigenvalue weighted by atomic mass is 16.5. The maximum absolute atomic E-state index is 12.0. The third-order valence-corrected chi connectivity index (χ3v) is 5.97. The van der Waals surface area contributed by atoms with Gasteiger partial charge in [0, 0.05) is 52.7 Å². The summed E-state index contributed by atoms with van der Waals surface area (Å²) in [5.74, 6) is 1.51. The number of aliphatic imine (C=N–C) groups is 1. The second-order valence-corrected chi connectivity index (χ2v) is 8.21. The van der Waals surface area contributed by atoms with E-state index < -0.39 is 0 Å². The van der Waals surface area contributed by atoms with Gasteiger partial charge in [0.1, 0.15) is 0 Å². The van der Waals surface area contributed by atoms with Gasteiger partial charge in [0.25, 0.3) is 0 Å². The Balaban J connectivity index is 1.37. The van der Waals surface area contributed by atoms with Gasteiger partial charge < -0.3 is 20.7 Å². The van der Waals surface area contributed by atoms with Crippen LogP contribution in [0.2, 0.25) is 0 Å². The first-order chi connectivity index (χ1) is 14.7. The highest BCUT2D eigenvalue weighted by Crippen LogP contribution is 2.27. The molecule has 3 rings (SSSR count). The van der Waals surface area contributed by atoms with Gasteiger partial charge in [-0.3, -0.25) is 14.7 Å². The average Bonchev–Trinajstić information content (AvgIpc) is 3.28. The van der Waals surface area contributed by atoms with Crippen LogP contribution >= 0.6 is 0 Å². The summed E-state index contributed by atoms with van der Waals surface area (Å²) in [7, 11) is 1.77. The monoisotopic (exact) mass is 415 g/mol. The highest BCUT2D eigenvalue weighted by Gasteiger charge is 2.18. The molecule has 7 heteroatoms. The fourth-order valence-electron chi connectivity index (χ4n) is 4.22. The standard InChI is InChI=1S/C23H37N5O2/c1-24-23(26-11-10-25-22(29)16-19-6-2-3-7-19)27-17-20-8-4-5-9-21(20)18-28-12-14-30-15-13-28/h4-5,8-9,19H,2-3,6-7,10-18H2,1H3,(H,25,29)(H2,24,26,27). The Morgan fingerprint density at radius 1 is 1.07 bits per heavy atom. The van der Waals surface area contributed by atoms with Crippen LogP contribution in [0.5, 0.6) is 0 Å². The molecule has 2 fully saturated rings. The van der Waals surface area contributed by atoms with Crippen LogP contribution in [0.25, 0.3) is 0 Å². The molecule has 0 atom stereocenters. The van der Waals surface area contributed by atoms with Crippen molar-refractivity contribution >= 4 is 11.9 Å². The van der Waals surface area contributed by atoms with E-state index in [-0.39, 0.29) is 5.91 Å². The molecular formula is C23H37N5O2. The molecule has 3 N–H and O–H groups in total. The molecule has 2 aliphatic rings. The predicted octanol–water partition coefficient (Wildman–Crippen LogP) is 1.88. The molecule has 0 aromatic heterocycles. The third-order valence-electron chi connectivity index (χ3n) is 5.97. The number of hydrogen-bond donors (Lipinski definition) is 3. The van der Waals surface area contributed by atoms with Gasteiger partial charge in [-0.05, 0) is 29.9 Å². The molecule has 1 saturated heterocycles. The number of carbonyl (C=O) groups excluding carboxylic acids is 1. The Labute approximate surface area is 180 Å². The molecule has 1 saturated carbocycles. The first-order valence-corrected chi connectivity index (χ1v) is 11.3. The SMILES string of the molecule is CN=C(NCCNC(=O)CC1CCCC1)NCc1ccccc1CN1CCOCC1. The van der Waals surface area contributed by atoms with Crippen LogP contribution in [-0.4, -0.2) is 63.2 Å². The zero-order chi connectivity index (χ0) is 21.0. The van der Waals surface area contributed by atoms with E-state index in [0.29, 0.717) is 32.0 Å². The quantitative estimate of drug-likeness (QED) is 0.326. The molecule has 0 radical (unpaired) electrons. The number of amides is 1. The molecule has 1 heterocycles. The maximum Gasteiger partial charge on any atom is 0.220 e. The van der Waals surface area contributed by atoms with Gasteiger partial charge in [-0.2, -0.15) is 0 Å². The Hall–Kier alpha value is -2.12. The minimum absolute atomic E-state index is 0.170. The van der Waals surface area contributed by atoms with Gasteiger partial charge in [0.2, 0.25) is 5.91 Å². The number of guanidine groups is 1. The Morgan fingerprint density at radius 2 is 1.77 bits per heavy atom. The van der Waals surface area contributed by atoms with Crippen molar-refractivity contribution in [2.45, 2.75) is 45.2 Å². The van der Waals surface area contributed by atoms with E-state index in [9.17, 15) is 4.79 Å². The number of benzene rings is 1. The van der Waals surface area contributed by atoms with E-state index in [0.717, 1.165) is 38.8 Å². The van der Waals surface area contributed by atoms with Crippen LogP contribution in [-0.2, 0) is 22.6 Å². The van der Waals surface area contributed by atoms with E-state index in [1.165, 1.54) is 36.8 Å². The van der Waals surface area contributed by atoms with Crippen LogP contribution in [0.3, 0.4) is 0 Å². The topological polar surface area (TPSA) is 78.0 Å². The zero-order valence-electron chi connectivity index (χ0n) is 18.3. The lowest BCUT2D eigenvalue weighted by Crippen LogP contribution is -2.41. The van der Waals surface area contributed by atoms with Crippen LogP contribution in [0.1, 0.15) is 43.2 Å². The van der Waals surface area contributed by atoms with E-state index in [1.54, 1.807) is 7.05 Å². The molecule has 1 aliphatic heterocycles. The molecule has 7 nitrogen and oxygen atoms in total. The van der Waals surface area contributed by atoms with Crippen LogP contribution in [0, 0.1) is 5.92 Å². The fourth-order valence-corrected chi connectivity index (χ4v) is 4.22. The molecule has 0 spiro atoms. The van der Waals surface area contributed by atoms with Crippen molar-refractivity contribution in [3.8, 4) is 0 Å². The van der Waals surface area contributed by atoms with Gasteiger partial charge in [0.15, 0.2) is 5.96 Å². The van der Waals surface area contributed by atoms with Crippen molar-refractivity contribution in [1.82, 2.24) is 20.9 Å². The third kappa shape index (κ3) is 7.61. The van der Waals surface area contributed by atoms with Gasteiger partial charge in [-0.15, -0.1) is 0 Å². The number of nitrogens with zero attached hydrogens (tertiary/aromatic N) is 2. The molecule has 166 valence electrons. The lowest BCUT2D eigenvalue weighted by Gasteiger charge is -2.27. The van der Waals surface area contributed by atoms with Crippen molar-refractivity contribution in [1.29, 1.82) is 0 Å². The first kappa shape index (κ1) is 22.6. The second-order valence-electron chi connectivity index (χ2n) is 8.21. The number of morpholine rings is 1. The van der Waals surface area contributed by atoms with Crippen LogP contribution in [0.4, 0.5) is 0 Å². The summed E-state index contributed by atoms with van der Waals surface area (Å²) in [5.41, 5.74) is 2.61. The number of carbonyl (C=O) groups is 1. The molecular weight excluding hydrogens is 378 g/mol. The number of ether oxygens (including phenoxy) is 1.